The summed E-state index contributed by atoms with van der Waals surface area (Å²) < 4.78 is 5.49. The molecule has 0 radical (unpaired) electrons. The summed E-state index contributed by atoms with van der Waals surface area (Å²) in [5.74, 6) is 0. The molecule has 1 aliphatic heterocycles. The van der Waals surface area contributed by atoms with Gasteiger partial charge < -0.3 is 10.1 Å². The summed E-state index contributed by atoms with van der Waals surface area (Å²) in [4.78, 5) is 0. The maximum absolute atomic E-state index is 5.91. The van der Waals surface area contributed by atoms with Crippen molar-refractivity contribution in [2.24, 2.45) is 5.10 Å². The molecule has 4 nitrogen and oxygen atoms in total. The standard InChI is InChI=1S/C13H15Cl2N3OS/c14-11-4-3-9(6-12(11)15)7-17-18-13(20)16-8-10-2-1-5-19-10/h3-4,6-7,10H,1-2,5,8H2,(H2,16,18,20)/b17-7+. The highest BCUT2D eigenvalue weighted by Gasteiger charge is 2.14. The topological polar surface area (TPSA) is 45.6 Å². The van der Waals surface area contributed by atoms with Crippen molar-refractivity contribution >= 4 is 46.7 Å². The third-order valence-corrected chi connectivity index (χ3v) is 3.81. The molecule has 0 aliphatic carbocycles. The first-order valence-corrected chi connectivity index (χ1v) is 7.45. The maximum Gasteiger partial charge on any atom is 0.187 e. The SMILES string of the molecule is S=C(NCC1CCCO1)N/N=C/c1ccc(Cl)c(Cl)c1. The lowest BCUT2D eigenvalue weighted by Gasteiger charge is -2.11. The van der Waals surface area contributed by atoms with Crippen molar-refractivity contribution in [2.75, 3.05) is 13.2 Å². The van der Waals surface area contributed by atoms with Crippen molar-refractivity contribution in [3.8, 4) is 0 Å². The van der Waals surface area contributed by atoms with Crippen molar-refractivity contribution in [3.63, 3.8) is 0 Å². The summed E-state index contributed by atoms with van der Waals surface area (Å²) in [7, 11) is 0. The van der Waals surface area contributed by atoms with Crippen LogP contribution in [0.2, 0.25) is 10.0 Å². The first kappa shape index (κ1) is 15.5. The smallest absolute Gasteiger partial charge is 0.187 e. The van der Waals surface area contributed by atoms with Crippen LogP contribution in [-0.2, 0) is 4.74 Å². The van der Waals surface area contributed by atoms with Crippen LogP contribution >= 0.6 is 35.4 Å². The van der Waals surface area contributed by atoms with Gasteiger partial charge in [-0.2, -0.15) is 5.10 Å². The first-order valence-electron chi connectivity index (χ1n) is 6.29. The van der Waals surface area contributed by atoms with E-state index in [-0.39, 0.29) is 6.10 Å². The van der Waals surface area contributed by atoms with Crippen molar-refractivity contribution in [2.45, 2.75) is 18.9 Å². The number of ether oxygens (including phenoxy) is 1. The molecule has 108 valence electrons. The average Bonchev–Trinajstić information content (AvgIpc) is 2.94. The molecule has 1 atom stereocenters. The van der Waals surface area contributed by atoms with Gasteiger partial charge in [-0.15, -0.1) is 0 Å². The molecular weight excluding hydrogens is 317 g/mol. The van der Waals surface area contributed by atoms with Gasteiger partial charge in [-0.25, -0.2) is 0 Å². The highest BCUT2D eigenvalue weighted by atomic mass is 35.5. The number of benzene rings is 1. The lowest BCUT2D eigenvalue weighted by Crippen LogP contribution is -2.37. The Morgan fingerprint density at radius 3 is 3.00 bits per heavy atom. The van der Waals surface area contributed by atoms with E-state index >= 15 is 0 Å². The van der Waals surface area contributed by atoms with Crippen LogP contribution in [0.15, 0.2) is 23.3 Å². The van der Waals surface area contributed by atoms with Crippen LogP contribution in [0.5, 0.6) is 0 Å². The van der Waals surface area contributed by atoms with E-state index in [4.69, 9.17) is 40.2 Å². The van der Waals surface area contributed by atoms with Gasteiger partial charge in [0.2, 0.25) is 0 Å². The Hall–Kier alpha value is -0.880. The monoisotopic (exact) mass is 331 g/mol. The van der Waals surface area contributed by atoms with Crippen LogP contribution < -0.4 is 10.7 Å². The molecule has 1 fully saturated rings. The molecule has 1 heterocycles. The molecule has 2 N–H and O–H groups in total. The minimum absolute atomic E-state index is 0.244. The molecule has 1 saturated heterocycles. The number of thiocarbonyl (C=S) groups is 1. The molecule has 1 unspecified atom stereocenters. The number of rotatable bonds is 4. The maximum atomic E-state index is 5.91. The molecule has 7 heteroatoms. The summed E-state index contributed by atoms with van der Waals surface area (Å²) in [6.07, 6.45) is 4.06. The second-order valence-corrected chi connectivity index (χ2v) is 5.61. The van der Waals surface area contributed by atoms with Crippen LogP contribution in [0.3, 0.4) is 0 Å². The van der Waals surface area contributed by atoms with Gasteiger partial charge in [0.15, 0.2) is 5.11 Å². The molecule has 0 amide bonds. The molecule has 1 aliphatic rings. The molecular formula is C13H15Cl2N3OS. The van der Waals surface area contributed by atoms with Gasteiger partial charge in [0.25, 0.3) is 0 Å². The molecule has 0 spiro atoms. The summed E-state index contributed by atoms with van der Waals surface area (Å²) in [6.45, 7) is 1.54. The summed E-state index contributed by atoms with van der Waals surface area (Å²) in [5.41, 5.74) is 3.59. The van der Waals surface area contributed by atoms with Crippen LogP contribution in [0.1, 0.15) is 18.4 Å². The van der Waals surface area contributed by atoms with Crippen molar-refractivity contribution in [1.29, 1.82) is 0 Å². The van der Waals surface area contributed by atoms with Crippen LogP contribution in [0, 0.1) is 0 Å². The number of halogens is 2. The molecule has 1 aromatic carbocycles. The van der Waals surface area contributed by atoms with Crippen LogP contribution in [0.25, 0.3) is 0 Å². The van der Waals surface area contributed by atoms with Gasteiger partial charge in [-0.05, 0) is 42.8 Å². The third-order valence-electron chi connectivity index (χ3n) is 2.84. The molecule has 1 aromatic rings. The lowest BCUT2D eigenvalue weighted by atomic mass is 10.2. The molecule has 0 saturated carbocycles. The molecule has 0 bridgehead atoms. The second-order valence-electron chi connectivity index (χ2n) is 4.39. The molecule has 2 rings (SSSR count). The Balaban J connectivity index is 1.74. The summed E-state index contributed by atoms with van der Waals surface area (Å²) >= 11 is 16.9. The van der Waals surface area contributed by atoms with Crippen LogP contribution in [0.4, 0.5) is 0 Å². The van der Waals surface area contributed by atoms with E-state index in [2.05, 4.69) is 15.8 Å². The fourth-order valence-corrected chi connectivity index (χ4v) is 2.25. The Morgan fingerprint density at radius 2 is 2.30 bits per heavy atom. The van der Waals surface area contributed by atoms with Gasteiger partial charge in [0.1, 0.15) is 0 Å². The van der Waals surface area contributed by atoms with E-state index in [1.54, 1.807) is 18.3 Å². The minimum Gasteiger partial charge on any atom is -0.376 e. The van der Waals surface area contributed by atoms with Crippen molar-refractivity contribution < 1.29 is 4.74 Å². The van der Waals surface area contributed by atoms with Gasteiger partial charge in [0.05, 0.1) is 22.4 Å². The zero-order valence-corrected chi connectivity index (χ0v) is 13.1. The predicted octanol–water partition coefficient (Wildman–Crippen LogP) is 2.97. The Kier molecular flexibility index (Phi) is 6.04. The number of hydrogen-bond acceptors (Lipinski definition) is 3. The van der Waals surface area contributed by atoms with Gasteiger partial charge >= 0.3 is 0 Å². The van der Waals surface area contributed by atoms with Crippen molar-refractivity contribution in [3.05, 3.63) is 33.8 Å². The third kappa shape index (κ3) is 4.90. The number of hydrogen-bond donors (Lipinski definition) is 2. The second kappa shape index (κ2) is 7.78. The van der Waals surface area contributed by atoms with Gasteiger partial charge in [-0.1, -0.05) is 29.3 Å². The highest BCUT2D eigenvalue weighted by molar-refractivity contribution is 7.80. The Morgan fingerprint density at radius 1 is 1.45 bits per heavy atom. The fourth-order valence-electron chi connectivity index (χ4n) is 1.81. The van der Waals surface area contributed by atoms with Gasteiger partial charge in [-0.3, -0.25) is 5.43 Å². The minimum atomic E-state index is 0.244. The van der Waals surface area contributed by atoms with E-state index in [0.29, 0.717) is 21.7 Å². The Labute approximate surface area is 133 Å². The predicted molar refractivity (Wildman–Crippen MR) is 86.8 cm³/mol. The fraction of sp³-hybridized carbons (Fsp3) is 0.385. The Bertz CT molecular complexity index is 504. The quantitative estimate of drug-likeness (QED) is 0.506. The largest absolute Gasteiger partial charge is 0.376 e. The first-order chi connectivity index (χ1) is 9.65. The van der Waals surface area contributed by atoms with E-state index < -0.39 is 0 Å². The van der Waals surface area contributed by atoms with E-state index in [1.807, 2.05) is 6.07 Å². The molecule has 20 heavy (non-hydrogen) atoms. The lowest BCUT2D eigenvalue weighted by molar-refractivity contribution is 0.114. The number of nitrogens with one attached hydrogen (secondary N) is 2. The zero-order valence-electron chi connectivity index (χ0n) is 10.7. The van der Waals surface area contributed by atoms with Gasteiger partial charge in [0, 0.05) is 13.2 Å². The summed E-state index contributed by atoms with van der Waals surface area (Å²) in [5, 5.41) is 8.59. The van der Waals surface area contributed by atoms with E-state index in [0.717, 1.165) is 25.0 Å². The normalized spacial score (nSPS) is 18.4. The van der Waals surface area contributed by atoms with Crippen LogP contribution in [-0.4, -0.2) is 30.6 Å². The van der Waals surface area contributed by atoms with E-state index in [9.17, 15) is 0 Å². The number of nitrogens with zero attached hydrogens (tertiary/aromatic N) is 1. The molecule has 0 aromatic heterocycles. The van der Waals surface area contributed by atoms with E-state index in [1.165, 1.54) is 0 Å². The average molecular weight is 332 g/mol. The summed E-state index contributed by atoms with van der Waals surface area (Å²) in [6, 6.07) is 5.28. The van der Waals surface area contributed by atoms with Crippen molar-refractivity contribution in [1.82, 2.24) is 10.7 Å². The number of hydrazone groups is 1. The highest BCUT2D eigenvalue weighted by Crippen LogP contribution is 2.21. The zero-order chi connectivity index (χ0) is 14.4.